The highest BCUT2D eigenvalue weighted by Gasteiger charge is 2.30. The normalized spacial score (nSPS) is 11.1. The monoisotopic (exact) mass is 241 g/mol. The number of benzene rings is 1. The van der Waals surface area contributed by atoms with Crippen LogP contribution in [0.4, 0.5) is 0 Å². The van der Waals surface area contributed by atoms with Crippen LogP contribution in [0.2, 0.25) is 10.0 Å². The average Bonchev–Trinajstić information content (AvgIpc) is 2.23. The second-order valence-electron chi connectivity index (χ2n) is 3.53. The van der Waals surface area contributed by atoms with E-state index in [0.717, 1.165) is 18.4 Å². The van der Waals surface area contributed by atoms with E-state index >= 15 is 0 Å². The Bertz CT molecular complexity index is 389. The molecule has 15 heavy (non-hydrogen) atoms. The van der Waals surface area contributed by atoms with Crippen molar-refractivity contribution in [2.45, 2.75) is 32.1 Å². The summed E-state index contributed by atoms with van der Waals surface area (Å²) in [5.74, 6) is 0. The van der Waals surface area contributed by atoms with Gasteiger partial charge in [0.15, 0.2) is 0 Å². The molecule has 0 fully saturated rings. The van der Waals surface area contributed by atoms with E-state index in [1.54, 1.807) is 12.1 Å². The first-order valence-electron chi connectivity index (χ1n) is 4.96. The van der Waals surface area contributed by atoms with Crippen LogP contribution in [0.15, 0.2) is 18.2 Å². The molecule has 0 aliphatic heterocycles. The number of hydrogen-bond donors (Lipinski definition) is 0. The first-order valence-corrected chi connectivity index (χ1v) is 5.72. The predicted octanol–water partition coefficient (Wildman–Crippen LogP) is 4.57. The van der Waals surface area contributed by atoms with E-state index in [9.17, 15) is 5.26 Å². The van der Waals surface area contributed by atoms with E-state index in [1.807, 2.05) is 19.9 Å². The van der Waals surface area contributed by atoms with Crippen molar-refractivity contribution in [2.24, 2.45) is 0 Å². The summed E-state index contributed by atoms with van der Waals surface area (Å²) in [4.78, 5) is 0. The van der Waals surface area contributed by atoms with Gasteiger partial charge in [-0.2, -0.15) is 5.26 Å². The molecule has 1 aromatic carbocycles. The van der Waals surface area contributed by atoms with Gasteiger partial charge in [-0.3, -0.25) is 0 Å². The highest BCUT2D eigenvalue weighted by atomic mass is 35.5. The SMILES string of the molecule is CCC(C#N)(CC)c1ccc(Cl)cc1Cl. The molecule has 3 heteroatoms. The third-order valence-corrected chi connectivity index (χ3v) is 3.42. The average molecular weight is 242 g/mol. The molecule has 0 saturated carbocycles. The zero-order valence-electron chi connectivity index (χ0n) is 8.85. The lowest BCUT2D eigenvalue weighted by Gasteiger charge is -2.25. The van der Waals surface area contributed by atoms with Crippen LogP contribution in [0.25, 0.3) is 0 Å². The van der Waals surface area contributed by atoms with Crippen LogP contribution in [0.3, 0.4) is 0 Å². The molecule has 0 aliphatic rings. The van der Waals surface area contributed by atoms with Crippen LogP contribution in [0.5, 0.6) is 0 Å². The first-order chi connectivity index (χ1) is 7.09. The smallest absolute Gasteiger partial charge is 0.0831 e. The molecule has 0 bridgehead atoms. The van der Waals surface area contributed by atoms with Gasteiger partial charge in [-0.05, 0) is 30.5 Å². The number of halogens is 2. The lowest BCUT2D eigenvalue weighted by Crippen LogP contribution is -2.22. The van der Waals surface area contributed by atoms with Gasteiger partial charge in [0.25, 0.3) is 0 Å². The van der Waals surface area contributed by atoms with Crippen LogP contribution in [-0.4, -0.2) is 0 Å². The molecular formula is C12H13Cl2N. The molecule has 1 nitrogen and oxygen atoms in total. The Morgan fingerprint density at radius 2 is 1.87 bits per heavy atom. The van der Waals surface area contributed by atoms with E-state index in [-0.39, 0.29) is 0 Å². The van der Waals surface area contributed by atoms with Crippen molar-refractivity contribution in [2.75, 3.05) is 0 Å². The van der Waals surface area contributed by atoms with Crippen LogP contribution < -0.4 is 0 Å². The van der Waals surface area contributed by atoms with Crippen molar-refractivity contribution >= 4 is 23.2 Å². The van der Waals surface area contributed by atoms with Crippen LogP contribution >= 0.6 is 23.2 Å². The summed E-state index contributed by atoms with van der Waals surface area (Å²) < 4.78 is 0. The second-order valence-corrected chi connectivity index (χ2v) is 4.37. The zero-order valence-corrected chi connectivity index (χ0v) is 10.4. The van der Waals surface area contributed by atoms with E-state index in [1.165, 1.54) is 0 Å². The third kappa shape index (κ3) is 2.27. The van der Waals surface area contributed by atoms with Gasteiger partial charge in [-0.15, -0.1) is 0 Å². The minimum Gasteiger partial charge on any atom is -0.197 e. The van der Waals surface area contributed by atoms with Gasteiger partial charge >= 0.3 is 0 Å². The summed E-state index contributed by atoms with van der Waals surface area (Å²) in [6.07, 6.45) is 1.50. The maximum atomic E-state index is 9.28. The molecule has 1 aromatic rings. The van der Waals surface area contributed by atoms with Crippen LogP contribution in [0, 0.1) is 11.3 Å². The number of nitriles is 1. The molecule has 0 aliphatic carbocycles. The van der Waals surface area contributed by atoms with Crippen molar-refractivity contribution < 1.29 is 0 Å². The molecule has 0 N–H and O–H groups in total. The lowest BCUT2D eigenvalue weighted by atomic mass is 9.77. The Morgan fingerprint density at radius 3 is 2.27 bits per heavy atom. The van der Waals surface area contributed by atoms with Gasteiger partial charge < -0.3 is 0 Å². The number of hydrogen-bond acceptors (Lipinski definition) is 1. The summed E-state index contributed by atoms with van der Waals surface area (Å²) >= 11 is 11.9. The minimum absolute atomic E-state index is 0.484. The van der Waals surface area contributed by atoms with Gasteiger partial charge in [-0.1, -0.05) is 43.1 Å². The fourth-order valence-electron chi connectivity index (χ4n) is 1.73. The largest absolute Gasteiger partial charge is 0.197 e. The van der Waals surface area contributed by atoms with Crippen molar-refractivity contribution in [1.29, 1.82) is 5.26 Å². The summed E-state index contributed by atoms with van der Waals surface area (Å²) in [7, 11) is 0. The molecule has 0 unspecified atom stereocenters. The fourth-order valence-corrected chi connectivity index (χ4v) is 2.32. The summed E-state index contributed by atoms with van der Waals surface area (Å²) in [5.41, 5.74) is 0.392. The van der Waals surface area contributed by atoms with Gasteiger partial charge in [-0.25, -0.2) is 0 Å². The van der Waals surface area contributed by atoms with Crippen molar-refractivity contribution in [3.05, 3.63) is 33.8 Å². The molecule has 0 radical (unpaired) electrons. The Morgan fingerprint density at radius 1 is 1.27 bits per heavy atom. The summed E-state index contributed by atoms with van der Waals surface area (Å²) in [6.45, 7) is 4.00. The summed E-state index contributed by atoms with van der Waals surface area (Å²) in [5, 5.41) is 10.5. The Balaban J connectivity index is 3.31. The highest BCUT2D eigenvalue weighted by molar-refractivity contribution is 6.35. The first kappa shape index (κ1) is 12.4. The minimum atomic E-state index is -0.484. The van der Waals surface area contributed by atoms with E-state index in [0.29, 0.717) is 10.0 Å². The van der Waals surface area contributed by atoms with Gasteiger partial charge in [0.2, 0.25) is 0 Å². The molecule has 1 rings (SSSR count). The quantitative estimate of drug-likeness (QED) is 0.761. The fraction of sp³-hybridized carbons (Fsp3) is 0.417. The van der Waals surface area contributed by atoms with Crippen LogP contribution in [0.1, 0.15) is 32.3 Å². The maximum absolute atomic E-state index is 9.28. The van der Waals surface area contributed by atoms with Gasteiger partial charge in [0.1, 0.15) is 0 Å². The van der Waals surface area contributed by atoms with Crippen molar-refractivity contribution in [3.8, 4) is 6.07 Å². The van der Waals surface area contributed by atoms with Gasteiger partial charge in [0.05, 0.1) is 11.5 Å². The zero-order chi connectivity index (χ0) is 11.5. The molecule has 0 atom stereocenters. The molecule has 0 aromatic heterocycles. The maximum Gasteiger partial charge on any atom is 0.0831 e. The molecule has 0 amide bonds. The number of rotatable bonds is 3. The van der Waals surface area contributed by atoms with Gasteiger partial charge in [0, 0.05) is 10.0 Å². The van der Waals surface area contributed by atoms with Crippen molar-refractivity contribution in [3.63, 3.8) is 0 Å². The van der Waals surface area contributed by atoms with E-state index in [4.69, 9.17) is 23.2 Å². The topological polar surface area (TPSA) is 23.8 Å². The highest BCUT2D eigenvalue weighted by Crippen LogP contribution is 2.36. The second kappa shape index (κ2) is 4.88. The Labute approximate surface area is 101 Å². The Hall–Kier alpha value is -0.710. The molecule has 0 saturated heterocycles. The summed E-state index contributed by atoms with van der Waals surface area (Å²) in [6, 6.07) is 7.68. The third-order valence-electron chi connectivity index (χ3n) is 2.87. The van der Waals surface area contributed by atoms with E-state index in [2.05, 4.69) is 6.07 Å². The Kier molecular flexibility index (Phi) is 4.02. The van der Waals surface area contributed by atoms with Crippen LogP contribution in [-0.2, 0) is 5.41 Å². The standard InChI is InChI=1S/C12H13Cl2N/c1-3-12(4-2,8-15)10-6-5-9(13)7-11(10)14/h5-7H,3-4H2,1-2H3. The van der Waals surface area contributed by atoms with Crippen molar-refractivity contribution in [1.82, 2.24) is 0 Å². The lowest BCUT2D eigenvalue weighted by molar-refractivity contribution is 0.511. The molecule has 80 valence electrons. The molecule has 0 spiro atoms. The van der Waals surface area contributed by atoms with E-state index < -0.39 is 5.41 Å². The molecule has 0 heterocycles. The number of nitrogens with zero attached hydrogens (tertiary/aromatic N) is 1. The molecular weight excluding hydrogens is 229 g/mol. The predicted molar refractivity (Wildman–Crippen MR) is 64.3 cm³/mol.